The summed E-state index contributed by atoms with van der Waals surface area (Å²) < 4.78 is 13.8. The van der Waals surface area contributed by atoms with Crippen molar-refractivity contribution in [3.8, 4) is 0 Å². The molecular weight excluding hydrogens is 431 g/mol. The molecule has 1 aliphatic rings. The Morgan fingerprint density at radius 2 is 1.65 bits per heavy atom. The molecule has 0 saturated carbocycles. The second-order valence-electron chi connectivity index (χ2n) is 8.56. The van der Waals surface area contributed by atoms with E-state index in [0.29, 0.717) is 29.1 Å². The van der Waals surface area contributed by atoms with Gasteiger partial charge in [0.05, 0.1) is 17.0 Å². The number of halogens is 1. The second kappa shape index (κ2) is 9.89. The summed E-state index contributed by atoms with van der Waals surface area (Å²) in [4.78, 5) is 26.3. The van der Waals surface area contributed by atoms with Gasteiger partial charge in [0.1, 0.15) is 5.82 Å². The lowest BCUT2D eigenvalue weighted by molar-refractivity contribution is -0.119. The highest BCUT2D eigenvalue weighted by molar-refractivity contribution is 6.37. The summed E-state index contributed by atoms with van der Waals surface area (Å²) in [7, 11) is 4.03. The molecule has 3 aromatic carbocycles. The number of carbonyl (C=O) groups is 2. The van der Waals surface area contributed by atoms with E-state index in [2.05, 4.69) is 20.9 Å². The average Bonchev–Trinajstić information content (AvgIpc) is 3.11. The number of nitrogens with zero attached hydrogens (tertiary/aromatic N) is 1. The Bertz CT molecular complexity index is 1250. The topological polar surface area (TPSA) is 73.5 Å². The van der Waals surface area contributed by atoms with Crippen LogP contribution >= 0.6 is 0 Å². The Morgan fingerprint density at radius 1 is 0.971 bits per heavy atom. The van der Waals surface area contributed by atoms with Crippen LogP contribution in [-0.4, -0.2) is 30.8 Å². The third-order valence-corrected chi connectivity index (χ3v) is 5.48. The standard InChI is InChI=1S/C27H27FN4O2/c1-17(33)29-15-18-4-8-20(9-5-18)26(30-22-11-6-19(7-12-22)16-32(2)3)25-23-13-10-21(28)14-24(23)31-27(25)34/h4-14,30H,15-16H2,1-3H3,(H,29,33)(H,31,34). The van der Waals surface area contributed by atoms with E-state index in [9.17, 15) is 14.0 Å². The molecule has 0 aliphatic carbocycles. The average molecular weight is 459 g/mol. The van der Waals surface area contributed by atoms with Crippen molar-refractivity contribution in [2.75, 3.05) is 24.7 Å². The summed E-state index contributed by atoms with van der Waals surface area (Å²) >= 11 is 0. The molecule has 174 valence electrons. The largest absolute Gasteiger partial charge is 0.354 e. The van der Waals surface area contributed by atoms with Crippen LogP contribution in [0.5, 0.6) is 0 Å². The molecule has 0 atom stereocenters. The van der Waals surface area contributed by atoms with Crippen LogP contribution < -0.4 is 16.0 Å². The van der Waals surface area contributed by atoms with Gasteiger partial charge in [-0.1, -0.05) is 36.4 Å². The molecule has 0 unspecified atom stereocenters. The first kappa shape index (κ1) is 23.2. The van der Waals surface area contributed by atoms with E-state index < -0.39 is 5.82 Å². The third kappa shape index (κ3) is 5.32. The lowest BCUT2D eigenvalue weighted by Crippen LogP contribution is -2.18. The van der Waals surface area contributed by atoms with Crippen LogP contribution in [0.4, 0.5) is 15.8 Å². The lowest BCUT2D eigenvalue weighted by Gasteiger charge is -2.16. The van der Waals surface area contributed by atoms with Crippen LogP contribution in [0, 0.1) is 5.82 Å². The summed E-state index contributed by atoms with van der Waals surface area (Å²) in [5, 5.41) is 8.96. The van der Waals surface area contributed by atoms with Crippen LogP contribution in [0.2, 0.25) is 0 Å². The van der Waals surface area contributed by atoms with Crippen molar-refractivity contribution < 1.29 is 14.0 Å². The van der Waals surface area contributed by atoms with Crippen molar-refractivity contribution in [1.82, 2.24) is 10.2 Å². The van der Waals surface area contributed by atoms with Gasteiger partial charge >= 0.3 is 0 Å². The number of benzene rings is 3. The van der Waals surface area contributed by atoms with E-state index in [0.717, 1.165) is 23.4 Å². The number of anilines is 2. The molecule has 0 bridgehead atoms. The molecule has 4 rings (SSSR count). The van der Waals surface area contributed by atoms with Crippen LogP contribution in [0.3, 0.4) is 0 Å². The van der Waals surface area contributed by atoms with Crippen molar-refractivity contribution >= 4 is 34.5 Å². The monoisotopic (exact) mass is 458 g/mol. The number of fused-ring (bicyclic) bond motifs is 1. The molecule has 7 heteroatoms. The molecule has 0 radical (unpaired) electrons. The first-order chi connectivity index (χ1) is 16.3. The van der Waals surface area contributed by atoms with Crippen molar-refractivity contribution in [2.24, 2.45) is 0 Å². The predicted octanol–water partition coefficient (Wildman–Crippen LogP) is 4.46. The molecule has 6 nitrogen and oxygen atoms in total. The molecule has 34 heavy (non-hydrogen) atoms. The van der Waals surface area contributed by atoms with Crippen LogP contribution in [-0.2, 0) is 22.7 Å². The fourth-order valence-electron chi connectivity index (χ4n) is 3.89. The molecule has 2 amide bonds. The molecule has 0 spiro atoms. The van der Waals surface area contributed by atoms with E-state index in [1.54, 1.807) is 6.07 Å². The maximum absolute atomic E-state index is 13.8. The summed E-state index contributed by atoms with van der Waals surface area (Å²) in [6.07, 6.45) is 0. The highest BCUT2D eigenvalue weighted by Crippen LogP contribution is 2.38. The van der Waals surface area contributed by atoms with Gasteiger partial charge in [0.15, 0.2) is 0 Å². The number of hydrogen-bond donors (Lipinski definition) is 3. The van der Waals surface area contributed by atoms with E-state index in [4.69, 9.17) is 0 Å². The number of nitrogens with one attached hydrogen (secondary N) is 3. The number of amides is 2. The Morgan fingerprint density at radius 3 is 2.29 bits per heavy atom. The number of hydrogen-bond acceptors (Lipinski definition) is 4. The quantitative estimate of drug-likeness (QED) is 0.457. The van der Waals surface area contributed by atoms with Gasteiger partial charge in [0, 0.05) is 31.3 Å². The van der Waals surface area contributed by atoms with E-state index in [1.807, 2.05) is 62.6 Å². The summed E-state index contributed by atoms with van der Waals surface area (Å²) in [6.45, 7) is 2.72. The number of carbonyl (C=O) groups excluding carboxylic acids is 2. The lowest BCUT2D eigenvalue weighted by atomic mass is 9.99. The smallest absolute Gasteiger partial charge is 0.258 e. The van der Waals surface area contributed by atoms with Crippen molar-refractivity contribution in [3.05, 3.63) is 94.8 Å². The normalized spacial score (nSPS) is 14.0. The highest BCUT2D eigenvalue weighted by Gasteiger charge is 2.28. The SMILES string of the molecule is CC(=O)NCc1ccc(C(Nc2ccc(CN(C)C)cc2)=C2C(=O)Nc3cc(F)ccc32)cc1. The fraction of sp³-hybridized carbons (Fsp3) is 0.185. The molecule has 0 aromatic heterocycles. The Balaban J connectivity index is 1.74. The van der Waals surface area contributed by atoms with Crippen molar-refractivity contribution in [1.29, 1.82) is 0 Å². The van der Waals surface area contributed by atoms with Crippen LogP contribution in [0.25, 0.3) is 11.3 Å². The minimum Gasteiger partial charge on any atom is -0.354 e. The molecule has 0 fully saturated rings. The van der Waals surface area contributed by atoms with Gasteiger partial charge in [-0.2, -0.15) is 0 Å². The minimum absolute atomic E-state index is 0.0993. The Labute approximate surface area is 198 Å². The first-order valence-electron chi connectivity index (χ1n) is 11.0. The zero-order chi connectivity index (χ0) is 24.2. The molecule has 1 heterocycles. The third-order valence-electron chi connectivity index (χ3n) is 5.48. The molecule has 3 aromatic rings. The summed E-state index contributed by atoms with van der Waals surface area (Å²) in [5.74, 6) is -0.805. The summed E-state index contributed by atoms with van der Waals surface area (Å²) in [6, 6.07) is 19.9. The number of rotatable bonds is 7. The van der Waals surface area contributed by atoms with E-state index in [-0.39, 0.29) is 11.8 Å². The van der Waals surface area contributed by atoms with Gasteiger partial charge in [-0.3, -0.25) is 9.59 Å². The van der Waals surface area contributed by atoms with Crippen molar-refractivity contribution in [3.63, 3.8) is 0 Å². The van der Waals surface area contributed by atoms with Gasteiger partial charge in [0.25, 0.3) is 5.91 Å². The van der Waals surface area contributed by atoms with Crippen LogP contribution in [0.15, 0.2) is 66.7 Å². The molecule has 1 aliphatic heterocycles. The predicted molar refractivity (Wildman–Crippen MR) is 133 cm³/mol. The Hall–Kier alpha value is -3.97. The minimum atomic E-state index is -0.409. The molecular formula is C27H27FN4O2. The molecule has 0 saturated heterocycles. The zero-order valence-electron chi connectivity index (χ0n) is 19.4. The summed E-state index contributed by atoms with van der Waals surface area (Å²) in [5.41, 5.74) is 5.89. The maximum atomic E-state index is 13.8. The van der Waals surface area contributed by atoms with Gasteiger partial charge in [-0.15, -0.1) is 0 Å². The zero-order valence-corrected chi connectivity index (χ0v) is 19.4. The van der Waals surface area contributed by atoms with Gasteiger partial charge < -0.3 is 20.9 Å². The van der Waals surface area contributed by atoms with Crippen LogP contribution in [0.1, 0.15) is 29.2 Å². The van der Waals surface area contributed by atoms with E-state index in [1.165, 1.54) is 24.6 Å². The van der Waals surface area contributed by atoms with E-state index >= 15 is 0 Å². The van der Waals surface area contributed by atoms with Gasteiger partial charge in [-0.05, 0) is 61.1 Å². The fourth-order valence-corrected chi connectivity index (χ4v) is 3.89. The van der Waals surface area contributed by atoms with Crippen molar-refractivity contribution in [2.45, 2.75) is 20.0 Å². The Kier molecular flexibility index (Phi) is 6.75. The maximum Gasteiger partial charge on any atom is 0.258 e. The second-order valence-corrected chi connectivity index (χ2v) is 8.56. The molecule has 3 N–H and O–H groups in total. The first-order valence-corrected chi connectivity index (χ1v) is 11.0. The van der Waals surface area contributed by atoms with Gasteiger partial charge in [0.2, 0.25) is 5.91 Å². The highest BCUT2D eigenvalue weighted by atomic mass is 19.1. The van der Waals surface area contributed by atoms with Gasteiger partial charge in [-0.25, -0.2) is 4.39 Å².